The first-order valence-corrected chi connectivity index (χ1v) is 7.40. The van der Waals surface area contributed by atoms with Crippen molar-refractivity contribution in [2.75, 3.05) is 27.2 Å². The van der Waals surface area contributed by atoms with Gasteiger partial charge in [-0.2, -0.15) is 0 Å². The first-order chi connectivity index (χ1) is 9.53. The number of carbonyl (C=O) groups is 2. The van der Waals surface area contributed by atoms with Crippen LogP contribution in [0.3, 0.4) is 0 Å². The maximum Gasteiger partial charge on any atom is 0.410 e. The zero-order valence-electron chi connectivity index (χ0n) is 14.1. The van der Waals surface area contributed by atoms with Crippen molar-refractivity contribution in [3.8, 4) is 0 Å². The Morgan fingerprint density at radius 1 is 1.19 bits per heavy atom. The van der Waals surface area contributed by atoms with Crippen molar-refractivity contribution >= 4 is 11.9 Å². The molecule has 0 bridgehead atoms. The van der Waals surface area contributed by atoms with E-state index in [0.717, 1.165) is 0 Å². The predicted octanol–water partition coefficient (Wildman–Crippen LogP) is 2.67. The van der Waals surface area contributed by atoms with Crippen molar-refractivity contribution in [3.05, 3.63) is 12.3 Å². The summed E-state index contributed by atoms with van der Waals surface area (Å²) in [6.45, 7) is 8.67. The minimum atomic E-state index is -0.484. The molecule has 1 aliphatic rings. The average Bonchev–Trinajstić information content (AvgIpc) is 2.34. The fraction of sp³-hybridized carbons (Fsp3) is 0.750. The molecule has 0 aromatic rings. The number of ketones is 1. The third-order valence-corrected chi connectivity index (χ3v) is 3.64. The van der Waals surface area contributed by atoms with Crippen LogP contribution in [0.15, 0.2) is 12.3 Å². The highest BCUT2D eigenvalue weighted by Crippen LogP contribution is 2.32. The number of piperidine rings is 1. The van der Waals surface area contributed by atoms with Crippen LogP contribution in [0.4, 0.5) is 4.79 Å². The van der Waals surface area contributed by atoms with Gasteiger partial charge in [-0.3, -0.25) is 4.79 Å². The summed E-state index contributed by atoms with van der Waals surface area (Å²) in [7, 11) is 3.77. The van der Waals surface area contributed by atoms with Crippen LogP contribution in [0, 0.1) is 5.41 Å². The van der Waals surface area contributed by atoms with Crippen LogP contribution in [0.1, 0.15) is 40.5 Å². The van der Waals surface area contributed by atoms with Gasteiger partial charge in [0.25, 0.3) is 0 Å². The molecular formula is C16H28N2O3. The van der Waals surface area contributed by atoms with E-state index in [1.165, 1.54) is 0 Å². The summed E-state index contributed by atoms with van der Waals surface area (Å²) in [4.78, 5) is 27.8. The molecule has 120 valence electrons. The molecule has 5 nitrogen and oxygen atoms in total. The number of hydrogen-bond acceptors (Lipinski definition) is 4. The first-order valence-electron chi connectivity index (χ1n) is 7.40. The summed E-state index contributed by atoms with van der Waals surface area (Å²) < 4.78 is 5.37. The minimum absolute atomic E-state index is 0.125. The summed E-state index contributed by atoms with van der Waals surface area (Å²) in [5.74, 6) is 0.125. The lowest BCUT2D eigenvalue weighted by atomic mass is 9.76. The van der Waals surface area contributed by atoms with Crippen LogP contribution in [0.25, 0.3) is 0 Å². The van der Waals surface area contributed by atoms with E-state index in [1.54, 1.807) is 17.2 Å². The number of rotatable bonds is 3. The Labute approximate surface area is 127 Å². The Morgan fingerprint density at radius 3 is 2.14 bits per heavy atom. The lowest BCUT2D eigenvalue weighted by Gasteiger charge is -2.38. The van der Waals surface area contributed by atoms with E-state index < -0.39 is 5.60 Å². The molecule has 1 heterocycles. The Bertz CT molecular complexity index is 414. The maximum absolute atomic E-state index is 12.3. The number of hydrogen-bond donors (Lipinski definition) is 0. The molecule has 1 amide bonds. The quantitative estimate of drug-likeness (QED) is 0.751. The fourth-order valence-corrected chi connectivity index (χ4v) is 2.17. The van der Waals surface area contributed by atoms with Gasteiger partial charge in [0.05, 0.1) is 0 Å². The van der Waals surface area contributed by atoms with Gasteiger partial charge >= 0.3 is 6.09 Å². The molecule has 1 aliphatic heterocycles. The lowest BCUT2D eigenvalue weighted by Crippen LogP contribution is -2.46. The van der Waals surface area contributed by atoms with Crippen molar-refractivity contribution < 1.29 is 14.3 Å². The van der Waals surface area contributed by atoms with E-state index in [2.05, 4.69) is 0 Å². The van der Waals surface area contributed by atoms with Gasteiger partial charge in [-0.05, 0) is 39.7 Å². The highest BCUT2D eigenvalue weighted by Gasteiger charge is 2.37. The third-order valence-electron chi connectivity index (χ3n) is 3.64. The molecule has 0 aliphatic carbocycles. The summed E-state index contributed by atoms with van der Waals surface area (Å²) in [6.07, 6.45) is 4.45. The average molecular weight is 296 g/mol. The van der Waals surface area contributed by atoms with Crippen molar-refractivity contribution in [1.29, 1.82) is 0 Å². The van der Waals surface area contributed by atoms with Crippen LogP contribution >= 0.6 is 0 Å². The van der Waals surface area contributed by atoms with Gasteiger partial charge in [0, 0.05) is 38.8 Å². The summed E-state index contributed by atoms with van der Waals surface area (Å²) in [5, 5.41) is 0. The topological polar surface area (TPSA) is 49.9 Å². The van der Waals surface area contributed by atoms with E-state index in [1.807, 2.05) is 46.7 Å². The molecule has 0 spiro atoms. The van der Waals surface area contributed by atoms with Crippen LogP contribution in [-0.2, 0) is 9.53 Å². The van der Waals surface area contributed by atoms with Gasteiger partial charge in [-0.1, -0.05) is 6.92 Å². The molecule has 0 atom stereocenters. The third kappa shape index (κ3) is 5.40. The number of allylic oxidation sites excluding steroid dienone is 1. The summed E-state index contributed by atoms with van der Waals surface area (Å²) in [5.41, 5.74) is -0.868. The molecular weight excluding hydrogens is 268 g/mol. The van der Waals surface area contributed by atoms with E-state index >= 15 is 0 Å². The van der Waals surface area contributed by atoms with Gasteiger partial charge in [-0.15, -0.1) is 0 Å². The van der Waals surface area contributed by atoms with Crippen molar-refractivity contribution in [2.24, 2.45) is 5.41 Å². The van der Waals surface area contributed by atoms with E-state index in [4.69, 9.17) is 4.74 Å². The van der Waals surface area contributed by atoms with Crippen LogP contribution in [0.5, 0.6) is 0 Å². The first kappa shape index (κ1) is 17.5. The van der Waals surface area contributed by atoms with Gasteiger partial charge in [0.15, 0.2) is 5.78 Å². The van der Waals surface area contributed by atoms with Crippen LogP contribution < -0.4 is 0 Å². The molecule has 0 N–H and O–H groups in total. The number of amides is 1. The molecule has 1 fully saturated rings. The maximum atomic E-state index is 12.3. The zero-order chi connectivity index (χ0) is 16.3. The number of likely N-dealkylation sites (tertiary alicyclic amines) is 1. The molecule has 0 unspecified atom stereocenters. The van der Waals surface area contributed by atoms with E-state index in [9.17, 15) is 9.59 Å². The van der Waals surface area contributed by atoms with E-state index in [-0.39, 0.29) is 17.3 Å². The van der Waals surface area contributed by atoms with Gasteiger partial charge in [0.1, 0.15) is 5.60 Å². The van der Waals surface area contributed by atoms with Crippen molar-refractivity contribution in [2.45, 2.75) is 46.1 Å². The molecule has 1 rings (SSSR count). The second-order valence-electron chi connectivity index (χ2n) is 7.17. The van der Waals surface area contributed by atoms with E-state index in [0.29, 0.717) is 25.9 Å². The SMILES string of the molecule is CN(C)C=CC(=O)C1(C)CCN(C(=O)OC(C)(C)C)CC1. The molecule has 0 saturated carbocycles. The molecule has 1 saturated heterocycles. The smallest absolute Gasteiger partial charge is 0.410 e. The summed E-state index contributed by atoms with van der Waals surface area (Å²) >= 11 is 0. The number of ether oxygens (including phenoxy) is 1. The molecule has 0 aromatic heterocycles. The molecule has 5 heteroatoms. The monoisotopic (exact) mass is 296 g/mol. The highest BCUT2D eigenvalue weighted by atomic mass is 16.6. The van der Waals surface area contributed by atoms with Crippen molar-refractivity contribution in [1.82, 2.24) is 9.80 Å². The second-order valence-corrected chi connectivity index (χ2v) is 7.17. The van der Waals surface area contributed by atoms with Crippen molar-refractivity contribution in [3.63, 3.8) is 0 Å². The van der Waals surface area contributed by atoms with Gasteiger partial charge in [-0.25, -0.2) is 4.79 Å². The zero-order valence-corrected chi connectivity index (χ0v) is 14.1. The van der Waals surface area contributed by atoms with Gasteiger partial charge in [0.2, 0.25) is 0 Å². The Morgan fingerprint density at radius 2 is 1.71 bits per heavy atom. The standard InChI is InChI=1S/C16H28N2O3/c1-15(2,3)21-14(20)18-11-8-16(4,9-12-18)13(19)7-10-17(5)6/h7,10H,8-9,11-12H2,1-6H3. The lowest BCUT2D eigenvalue weighted by molar-refractivity contribution is -0.125. The summed E-state index contributed by atoms with van der Waals surface area (Å²) in [6, 6.07) is 0. The predicted molar refractivity (Wildman–Crippen MR) is 83.0 cm³/mol. The largest absolute Gasteiger partial charge is 0.444 e. The Hall–Kier alpha value is -1.52. The van der Waals surface area contributed by atoms with Crippen LogP contribution in [0.2, 0.25) is 0 Å². The molecule has 21 heavy (non-hydrogen) atoms. The second kappa shape index (κ2) is 6.50. The van der Waals surface area contributed by atoms with Gasteiger partial charge < -0.3 is 14.5 Å². The molecule has 0 radical (unpaired) electrons. The van der Waals surface area contributed by atoms with Crippen LogP contribution in [-0.4, -0.2) is 54.5 Å². The fourth-order valence-electron chi connectivity index (χ4n) is 2.17. The highest BCUT2D eigenvalue weighted by molar-refractivity contribution is 5.94. The minimum Gasteiger partial charge on any atom is -0.444 e. The molecule has 0 aromatic carbocycles. The number of carbonyl (C=O) groups excluding carboxylic acids is 2. The normalized spacial score (nSPS) is 18.7. The Kier molecular flexibility index (Phi) is 5.42. The Balaban J connectivity index is 2.58. The number of nitrogens with zero attached hydrogens (tertiary/aromatic N) is 2.